The van der Waals surface area contributed by atoms with Gasteiger partial charge in [-0.2, -0.15) is 0 Å². The van der Waals surface area contributed by atoms with Crippen LogP contribution in [0.3, 0.4) is 0 Å². The van der Waals surface area contributed by atoms with Crippen LogP contribution < -0.4 is 15.5 Å². The summed E-state index contributed by atoms with van der Waals surface area (Å²) in [6.45, 7) is 5.94. The van der Waals surface area contributed by atoms with Crippen LogP contribution in [0.15, 0.2) is 59.6 Å². The molecule has 178 valence electrons. The SMILES string of the molecule is CN=C(NCc1ccc(N2CCCC2=O)cc1)NCC1CCN(CCc2ccccc2)C1.I. The summed E-state index contributed by atoms with van der Waals surface area (Å²) >= 11 is 0. The third-order valence-corrected chi connectivity index (χ3v) is 6.49. The summed E-state index contributed by atoms with van der Waals surface area (Å²) < 4.78 is 0. The standard InChI is InChI=1S/C26H35N5O.HI/c1-27-26(28-18-22-9-11-24(12-10-22)31-15-5-8-25(31)32)29-19-23-14-17-30(20-23)16-13-21-6-3-2-4-7-21;/h2-4,6-7,9-12,23H,5,8,13-20H2,1H3,(H2,27,28,29);1H. The molecule has 2 aromatic rings. The van der Waals surface area contributed by atoms with Crippen LogP contribution in [0.2, 0.25) is 0 Å². The van der Waals surface area contributed by atoms with Gasteiger partial charge in [0.1, 0.15) is 0 Å². The van der Waals surface area contributed by atoms with Gasteiger partial charge in [-0.1, -0.05) is 42.5 Å². The first-order valence-corrected chi connectivity index (χ1v) is 11.8. The zero-order chi connectivity index (χ0) is 22.2. The highest BCUT2D eigenvalue weighted by Crippen LogP contribution is 2.21. The molecule has 2 heterocycles. The molecule has 2 saturated heterocycles. The van der Waals surface area contributed by atoms with E-state index in [1.54, 1.807) is 0 Å². The molecule has 0 saturated carbocycles. The minimum absolute atomic E-state index is 0. The molecular weight excluding hydrogens is 525 g/mol. The molecule has 2 fully saturated rings. The number of likely N-dealkylation sites (tertiary alicyclic amines) is 1. The number of aliphatic imine (C=N–C) groups is 1. The Morgan fingerprint density at radius 2 is 1.82 bits per heavy atom. The third-order valence-electron chi connectivity index (χ3n) is 6.49. The van der Waals surface area contributed by atoms with Crippen LogP contribution in [-0.2, 0) is 17.8 Å². The van der Waals surface area contributed by atoms with E-state index >= 15 is 0 Å². The summed E-state index contributed by atoms with van der Waals surface area (Å²) in [7, 11) is 1.82. The Balaban J connectivity index is 0.00000306. The predicted octanol–water partition coefficient (Wildman–Crippen LogP) is 3.66. The summed E-state index contributed by atoms with van der Waals surface area (Å²) in [5.74, 6) is 1.72. The second-order valence-electron chi connectivity index (χ2n) is 8.81. The number of halogens is 1. The van der Waals surface area contributed by atoms with Crippen molar-refractivity contribution in [2.45, 2.75) is 32.2 Å². The first-order chi connectivity index (χ1) is 15.7. The molecule has 2 aliphatic heterocycles. The van der Waals surface area contributed by atoms with Gasteiger partial charge in [0.25, 0.3) is 0 Å². The van der Waals surface area contributed by atoms with Crippen molar-refractivity contribution >= 4 is 41.5 Å². The highest BCUT2D eigenvalue weighted by molar-refractivity contribution is 14.0. The lowest BCUT2D eigenvalue weighted by atomic mass is 10.1. The smallest absolute Gasteiger partial charge is 0.227 e. The quantitative estimate of drug-likeness (QED) is 0.294. The number of amides is 1. The van der Waals surface area contributed by atoms with E-state index in [-0.39, 0.29) is 29.9 Å². The Labute approximate surface area is 214 Å². The highest BCUT2D eigenvalue weighted by Gasteiger charge is 2.23. The maximum absolute atomic E-state index is 11.9. The Bertz CT molecular complexity index is 903. The van der Waals surface area contributed by atoms with E-state index in [4.69, 9.17) is 0 Å². The zero-order valence-electron chi connectivity index (χ0n) is 19.5. The lowest BCUT2D eigenvalue weighted by Gasteiger charge is -2.18. The number of hydrogen-bond acceptors (Lipinski definition) is 3. The molecule has 7 heteroatoms. The number of guanidine groups is 1. The van der Waals surface area contributed by atoms with Crippen LogP contribution in [0, 0.1) is 5.92 Å². The number of benzene rings is 2. The van der Waals surface area contributed by atoms with Crippen LogP contribution in [-0.4, -0.2) is 56.5 Å². The molecule has 0 spiro atoms. The molecule has 2 aliphatic rings. The minimum atomic E-state index is 0. The predicted molar refractivity (Wildman–Crippen MR) is 146 cm³/mol. The average Bonchev–Trinajstić information content (AvgIpc) is 3.47. The fraction of sp³-hybridized carbons (Fsp3) is 0.462. The number of carbonyl (C=O) groups excluding carboxylic acids is 1. The van der Waals surface area contributed by atoms with Crippen molar-refractivity contribution in [3.8, 4) is 0 Å². The third kappa shape index (κ3) is 7.43. The van der Waals surface area contributed by atoms with Crippen LogP contribution in [0.1, 0.15) is 30.4 Å². The maximum atomic E-state index is 11.9. The highest BCUT2D eigenvalue weighted by atomic mass is 127. The van der Waals surface area contributed by atoms with Crippen molar-refractivity contribution in [3.63, 3.8) is 0 Å². The van der Waals surface area contributed by atoms with Crippen molar-refractivity contribution in [3.05, 3.63) is 65.7 Å². The Kier molecular flexibility index (Phi) is 9.99. The molecule has 0 aliphatic carbocycles. The van der Waals surface area contributed by atoms with Crippen LogP contribution in [0.4, 0.5) is 5.69 Å². The molecule has 1 unspecified atom stereocenters. The fourth-order valence-corrected chi connectivity index (χ4v) is 4.58. The Hall–Kier alpha value is -2.13. The number of rotatable bonds is 8. The van der Waals surface area contributed by atoms with Gasteiger partial charge in [-0.3, -0.25) is 9.79 Å². The first kappa shape index (κ1) is 25.5. The van der Waals surface area contributed by atoms with E-state index in [0.29, 0.717) is 18.9 Å². The van der Waals surface area contributed by atoms with Gasteiger partial charge in [0.15, 0.2) is 5.96 Å². The van der Waals surface area contributed by atoms with Gasteiger partial charge < -0.3 is 20.4 Å². The Morgan fingerprint density at radius 1 is 1.03 bits per heavy atom. The Morgan fingerprint density at radius 3 is 2.52 bits per heavy atom. The lowest BCUT2D eigenvalue weighted by Crippen LogP contribution is -2.40. The van der Waals surface area contributed by atoms with Crippen molar-refractivity contribution in [1.29, 1.82) is 0 Å². The van der Waals surface area contributed by atoms with Gasteiger partial charge in [0.2, 0.25) is 5.91 Å². The van der Waals surface area contributed by atoms with Crippen LogP contribution >= 0.6 is 24.0 Å². The monoisotopic (exact) mass is 561 g/mol. The maximum Gasteiger partial charge on any atom is 0.227 e. The van der Waals surface area contributed by atoms with Crippen molar-refractivity contribution in [2.24, 2.45) is 10.9 Å². The van der Waals surface area contributed by atoms with E-state index in [1.807, 2.05) is 24.1 Å². The topological polar surface area (TPSA) is 60.0 Å². The molecule has 6 nitrogen and oxygen atoms in total. The van der Waals surface area contributed by atoms with Gasteiger partial charge in [-0.05, 0) is 55.0 Å². The summed E-state index contributed by atoms with van der Waals surface area (Å²) in [4.78, 5) is 20.7. The van der Waals surface area contributed by atoms with Crippen molar-refractivity contribution < 1.29 is 4.79 Å². The number of carbonyl (C=O) groups is 1. The van der Waals surface area contributed by atoms with Gasteiger partial charge in [-0.15, -0.1) is 24.0 Å². The normalized spacial score (nSPS) is 18.9. The summed E-state index contributed by atoms with van der Waals surface area (Å²) in [6.07, 6.45) is 3.97. The molecule has 0 bridgehead atoms. The van der Waals surface area contributed by atoms with Gasteiger partial charge in [-0.25, -0.2) is 0 Å². The van der Waals surface area contributed by atoms with Crippen LogP contribution in [0.5, 0.6) is 0 Å². The van der Waals surface area contributed by atoms with Gasteiger partial charge in [0, 0.05) is 51.9 Å². The van der Waals surface area contributed by atoms with E-state index in [9.17, 15) is 4.79 Å². The van der Waals surface area contributed by atoms with E-state index in [0.717, 1.165) is 50.7 Å². The molecule has 0 aromatic heterocycles. The zero-order valence-corrected chi connectivity index (χ0v) is 21.8. The molecule has 33 heavy (non-hydrogen) atoms. The minimum Gasteiger partial charge on any atom is -0.356 e. The van der Waals surface area contributed by atoms with Crippen LogP contribution in [0.25, 0.3) is 0 Å². The van der Waals surface area contributed by atoms with Gasteiger partial charge in [0.05, 0.1) is 0 Å². The number of hydrogen-bond donors (Lipinski definition) is 2. The first-order valence-electron chi connectivity index (χ1n) is 11.8. The van der Waals surface area contributed by atoms with E-state index in [1.165, 1.54) is 24.1 Å². The second kappa shape index (κ2) is 12.9. The number of nitrogens with one attached hydrogen (secondary N) is 2. The number of nitrogens with zero attached hydrogens (tertiary/aromatic N) is 3. The molecule has 4 rings (SSSR count). The molecule has 1 amide bonds. The van der Waals surface area contributed by atoms with E-state index in [2.05, 4.69) is 63.0 Å². The second-order valence-corrected chi connectivity index (χ2v) is 8.81. The summed E-state index contributed by atoms with van der Waals surface area (Å²) in [6, 6.07) is 19.0. The van der Waals surface area contributed by atoms with Crippen molar-refractivity contribution in [1.82, 2.24) is 15.5 Å². The average molecular weight is 562 g/mol. The van der Waals surface area contributed by atoms with Gasteiger partial charge >= 0.3 is 0 Å². The summed E-state index contributed by atoms with van der Waals surface area (Å²) in [5.41, 5.74) is 3.59. The van der Waals surface area contributed by atoms with Crippen molar-refractivity contribution in [2.75, 3.05) is 44.7 Å². The van der Waals surface area contributed by atoms with E-state index < -0.39 is 0 Å². The molecule has 2 N–H and O–H groups in total. The molecular formula is C26H36IN5O. The summed E-state index contributed by atoms with van der Waals surface area (Å²) in [5, 5.41) is 6.91. The fourth-order valence-electron chi connectivity index (χ4n) is 4.58. The lowest BCUT2D eigenvalue weighted by molar-refractivity contribution is -0.117. The largest absolute Gasteiger partial charge is 0.356 e. The molecule has 2 aromatic carbocycles. The molecule has 1 atom stereocenters. The number of anilines is 1. The molecule has 0 radical (unpaired) electrons.